The Labute approximate surface area is 150 Å². The number of anilines is 2. The number of amides is 3. The Morgan fingerprint density at radius 2 is 2.04 bits per heavy atom. The van der Waals surface area contributed by atoms with Gasteiger partial charge in [-0.3, -0.25) is 15.0 Å². The summed E-state index contributed by atoms with van der Waals surface area (Å²) in [6.07, 6.45) is 0. The minimum atomic E-state index is -0.469. The van der Waals surface area contributed by atoms with Crippen molar-refractivity contribution in [2.45, 2.75) is 26.2 Å². The molecule has 0 saturated carbocycles. The van der Waals surface area contributed by atoms with Gasteiger partial charge >= 0.3 is 6.03 Å². The van der Waals surface area contributed by atoms with Crippen LogP contribution in [0.2, 0.25) is 0 Å². The van der Waals surface area contributed by atoms with E-state index < -0.39 is 17.8 Å². The van der Waals surface area contributed by atoms with Gasteiger partial charge in [0.2, 0.25) is 11.8 Å². The van der Waals surface area contributed by atoms with Crippen molar-refractivity contribution in [2.75, 3.05) is 29.9 Å². The smallest absolute Gasteiger partial charge is 0.325 e. The van der Waals surface area contributed by atoms with Crippen molar-refractivity contribution in [3.05, 3.63) is 41.8 Å². The predicted molar refractivity (Wildman–Crippen MR) is 94.5 cm³/mol. The fourth-order valence-electron chi connectivity index (χ4n) is 2.66. The molecule has 7 nitrogen and oxygen atoms in total. The highest BCUT2D eigenvalue weighted by Crippen LogP contribution is 2.25. The topological polar surface area (TPSA) is 78.7 Å². The van der Waals surface area contributed by atoms with Crippen molar-refractivity contribution in [1.29, 1.82) is 0 Å². The number of benzene rings is 1. The number of carbonyl (C=O) groups is 2. The molecule has 0 bridgehead atoms. The third-order valence-electron chi connectivity index (χ3n) is 4.11. The lowest BCUT2D eigenvalue weighted by atomic mass is 9.92. The summed E-state index contributed by atoms with van der Waals surface area (Å²) in [6.45, 7) is 6.47. The molecule has 0 aliphatic carbocycles. The summed E-state index contributed by atoms with van der Waals surface area (Å²) in [5.74, 6) is -0.633. The summed E-state index contributed by atoms with van der Waals surface area (Å²) in [5, 5.41) is 6.52. The largest absolute Gasteiger partial charge is 0.338 e. The van der Waals surface area contributed by atoms with Gasteiger partial charge in [0.25, 0.3) is 0 Å². The van der Waals surface area contributed by atoms with E-state index in [4.69, 9.17) is 4.52 Å². The molecule has 26 heavy (non-hydrogen) atoms. The zero-order chi connectivity index (χ0) is 18.9. The highest BCUT2D eigenvalue weighted by Gasteiger charge is 2.32. The molecule has 1 aromatic heterocycles. The summed E-state index contributed by atoms with van der Waals surface area (Å²) in [5.41, 5.74) is 0.735. The molecule has 1 N–H and O–H groups in total. The van der Waals surface area contributed by atoms with Gasteiger partial charge < -0.3 is 9.42 Å². The fourth-order valence-corrected chi connectivity index (χ4v) is 2.66. The molecule has 1 aliphatic rings. The second-order valence-corrected chi connectivity index (χ2v) is 7.18. The van der Waals surface area contributed by atoms with Gasteiger partial charge in [-0.05, 0) is 12.1 Å². The van der Waals surface area contributed by atoms with Crippen LogP contribution in [0.3, 0.4) is 0 Å². The zero-order valence-corrected chi connectivity index (χ0v) is 15.0. The Morgan fingerprint density at radius 1 is 1.31 bits per heavy atom. The van der Waals surface area contributed by atoms with Crippen LogP contribution >= 0.6 is 0 Å². The molecule has 1 aliphatic heterocycles. The van der Waals surface area contributed by atoms with E-state index >= 15 is 0 Å². The second-order valence-electron chi connectivity index (χ2n) is 7.18. The van der Waals surface area contributed by atoms with Gasteiger partial charge in [-0.1, -0.05) is 38.1 Å². The first-order valence-corrected chi connectivity index (χ1v) is 8.34. The molecule has 1 fully saturated rings. The summed E-state index contributed by atoms with van der Waals surface area (Å²) in [4.78, 5) is 27.3. The van der Waals surface area contributed by atoms with Crippen molar-refractivity contribution in [1.82, 2.24) is 10.1 Å². The van der Waals surface area contributed by atoms with Crippen LogP contribution in [-0.4, -0.2) is 41.6 Å². The maximum absolute atomic E-state index is 13.9. The number of hydrogen-bond acceptors (Lipinski definition) is 4. The lowest BCUT2D eigenvalue weighted by Gasteiger charge is -2.18. The molecule has 0 radical (unpaired) electrons. The minimum Gasteiger partial charge on any atom is -0.338 e. The Balaban J connectivity index is 1.61. The van der Waals surface area contributed by atoms with Gasteiger partial charge in [-0.25, -0.2) is 9.18 Å². The number of nitrogens with one attached hydrogen (secondary N) is 1. The number of hydrogen-bond donors (Lipinski definition) is 1. The first-order chi connectivity index (χ1) is 12.3. The summed E-state index contributed by atoms with van der Waals surface area (Å²) in [7, 11) is 0. The maximum atomic E-state index is 13.9. The van der Waals surface area contributed by atoms with E-state index in [0.717, 1.165) is 5.69 Å². The van der Waals surface area contributed by atoms with E-state index in [9.17, 15) is 14.0 Å². The number of nitrogens with zero attached hydrogens (tertiary/aromatic N) is 3. The zero-order valence-electron chi connectivity index (χ0n) is 15.0. The van der Waals surface area contributed by atoms with Gasteiger partial charge in [0.1, 0.15) is 12.4 Å². The van der Waals surface area contributed by atoms with Crippen molar-refractivity contribution >= 4 is 23.5 Å². The van der Waals surface area contributed by atoms with Crippen LogP contribution in [-0.2, 0) is 10.2 Å². The molecule has 1 aromatic carbocycles. The molecule has 0 spiro atoms. The third kappa shape index (κ3) is 3.68. The first-order valence-electron chi connectivity index (χ1n) is 8.34. The number of urea groups is 1. The Bertz CT molecular complexity index is 828. The van der Waals surface area contributed by atoms with Crippen LogP contribution in [0.25, 0.3) is 0 Å². The van der Waals surface area contributed by atoms with Crippen LogP contribution in [0.1, 0.15) is 26.5 Å². The Hall–Kier alpha value is -2.90. The van der Waals surface area contributed by atoms with Crippen molar-refractivity contribution in [3.8, 4) is 0 Å². The van der Waals surface area contributed by atoms with Gasteiger partial charge in [-0.2, -0.15) is 0 Å². The van der Waals surface area contributed by atoms with Crippen LogP contribution in [0.4, 0.5) is 20.8 Å². The number of para-hydroxylation sites is 1. The number of halogens is 1. The second kappa shape index (κ2) is 6.78. The van der Waals surface area contributed by atoms with Crippen molar-refractivity contribution in [2.24, 2.45) is 0 Å². The van der Waals surface area contributed by atoms with Gasteiger partial charge in [-0.15, -0.1) is 0 Å². The van der Waals surface area contributed by atoms with Gasteiger partial charge in [0.05, 0.1) is 11.4 Å². The van der Waals surface area contributed by atoms with E-state index in [1.165, 1.54) is 15.9 Å². The fraction of sp³-hybridized carbons (Fsp3) is 0.389. The molecular formula is C18H21FN4O3. The SMILES string of the molecule is CC(C)(C)c1cc(NC(=O)CN2CCN(c3ccccc3F)C2=O)on1. The minimum absolute atomic E-state index is 0.144. The van der Waals surface area contributed by atoms with E-state index in [1.54, 1.807) is 24.3 Å². The van der Waals surface area contributed by atoms with Crippen LogP contribution in [0, 0.1) is 5.82 Å². The first kappa shape index (κ1) is 17.9. The van der Waals surface area contributed by atoms with E-state index in [1.807, 2.05) is 20.8 Å². The highest BCUT2D eigenvalue weighted by molar-refractivity contribution is 5.99. The molecule has 2 heterocycles. The Kier molecular flexibility index (Phi) is 4.67. The molecule has 0 unspecified atom stereocenters. The van der Waals surface area contributed by atoms with Crippen LogP contribution < -0.4 is 10.2 Å². The number of carbonyl (C=O) groups excluding carboxylic acids is 2. The molecule has 1 saturated heterocycles. The monoisotopic (exact) mass is 360 g/mol. The van der Waals surface area contributed by atoms with E-state index in [0.29, 0.717) is 13.1 Å². The highest BCUT2D eigenvalue weighted by atomic mass is 19.1. The average Bonchev–Trinajstić information content (AvgIpc) is 3.16. The standard InChI is InChI=1S/C18H21FN4O3/c1-18(2,3)14-10-16(26-21-14)20-15(24)11-22-8-9-23(17(22)25)13-7-5-4-6-12(13)19/h4-7,10H,8-9,11H2,1-3H3,(H,20,24). The van der Waals surface area contributed by atoms with Gasteiger partial charge in [0.15, 0.2) is 0 Å². The molecule has 3 amide bonds. The van der Waals surface area contributed by atoms with Crippen LogP contribution in [0.15, 0.2) is 34.9 Å². The normalized spacial score (nSPS) is 14.8. The van der Waals surface area contributed by atoms with E-state index in [2.05, 4.69) is 10.5 Å². The number of rotatable bonds is 4. The molecular weight excluding hydrogens is 339 g/mol. The van der Waals surface area contributed by atoms with Gasteiger partial charge in [0, 0.05) is 24.6 Å². The molecule has 3 rings (SSSR count). The molecule has 138 valence electrons. The van der Waals surface area contributed by atoms with E-state index in [-0.39, 0.29) is 23.5 Å². The summed E-state index contributed by atoms with van der Waals surface area (Å²) >= 11 is 0. The lowest BCUT2D eigenvalue weighted by Crippen LogP contribution is -2.37. The van der Waals surface area contributed by atoms with Crippen LogP contribution in [0.5, 0.6) is 0 Å². The van der Waals surface area contributed by atoms with Crippen molar-refractivity contribution in [3.63, 3.8) is 0 Å². The molecule has 2 aromatic rings. The van der Waals surface area contributed by atoms with Crippen molar-refractivity contribution < 1.29 is 18.5 Å². The molecule has 8 heteroatoms. The third-order valence-corrected chi connectivity index (χ3v) is 4.11. The number of aromatic nitrogens is 1. The maximum Gasteiger partial charge on any atom is 0.325 e. The average molecular weight is 360 g/mol. The lowest BCUT2D eigenvalue weighted by molar-refractivity contribution is -0.116. The quantitative estimate of drug-likeness (QED) is 0.909. The predicted octanol–water partition coefficient (Wildman–Crippen LogP) is 2.99. The summed E-state index contributed by atoms with van der Waals surface area (Å²) < 4.78 is 19.0. The molecule has 0 atom stereocenters. The Morgan fingerprint density at radius 3 is 2.69 bits per heavy atom. The summed E-state index contributed by atoms with van der Waals surface area (Å²) in [6, 6.07) is 7.33.